The average Bonchev–Trinajstić information content (AvgIpc) is 2.50. The number of sulfonamides is 1. The van der Waals surface area contributed by atoms with Gasteiger partial charge in [-0.15, -0.1) is 0 Å². The first-order chi connectivity index (χ1) is 10.4. The second-order valence-electron chi connectivity index (χ2n) is 5.19. The molecule has 22 heavy (non-hydrogen) atoms. The molecule has 0 unspecified atom stereocenters. The molecule has 2 N–H and O–H groups in total. The number of allylic oxidation sites excluding steroid dienone is 1. The van der Waals surface area contributed by atoms with Crippen molar-refractivity contribution < 1.29 is 17.6 Å². The minimum absolute atomic E-state index is 0.229. The highest BCUT2D eigenvalue weighted by molar-refractivity contribution is 7.89. The molecular formula is C15H19FN2O3S. The van der Waals surface area contributed by atoms with Gasteiger partial charge in [0.15, 0.2) is 0 Å². The minimum atomic E-state index is -3.90. The van der Waals surface area contributed by atoms with Gasteiger partial charge < -0.3 is 5.32 Å². The summed E-state index contributed by atoms with van der Waals surface area (Å²) in [7, 11) is -2.70. The second kappa shape index (κ2) is 7.02. The first kappa shape index (κ1) is 16.6. The van der Waals surface area contributed by atoms with E-state index in [1.807, 2.05) is 0 Å². The standard InChI is InChI=1S/C15H19FN2O3S/c1-17-22(20,21)14-10-12(7-8-13(14)16)18-15(19)9-11-5-3-2-4-6-11/h5,7-8,10,17H,2-4,6,9H2,1H3,(H,18,19). The van der Waals surface area contributed by atoms with E-state index in [1.54, 1.807) is 0 Å². The summed E-state index contributed by atoms with van der Waals surface area (Å²) < 4.78 is 39.1. The monoisotopic (exact) mass is 326 g/mol. The Bertz CT molecular complexity index is 699. The molecule has 0 bridgehead atoms. The molecule has 0 aliphatic heterocycles. The predicted octanol–water partition coefficient (Wildman–Crippen LogP) is 2.56. The second-order valence-corrected chi connectivity index (χ2v) is 7.04. The van der Waals surface area contributed by atoms with Gasteiger partial charge in [-0.25, -0.2) is 17.5 Å². The van der Waals surface area contributed by atoms with Gasteiger partial charge in [-0.1, -0.05) is 11.6 Å². The Labute approximate surface area is 129 Å². The SMILES string of the molecule is CNS(=O)(=O)c1cc(NC(=O)CC2=CCCCC2)ccc1F. The molecule has 0 saturated heterocycles. The highest BCUT2D eigenvalue weighted by atomic mass is 32.2. The number of nitrogens with one attached hydrogen (secondary N) is 2. The number of carbonyl (C=O) groups excluding carboxylic acids is 1. The molecule has 0 spiro atoms. The van der Waals surface area contributed by atoms with Gasteiger partial charge in [-0.3, -0.25) is 4.79 Å². The zero-order valence-corrected chi connectivity index (χ0v) is 13.2. The van der Waals surface area contributed by atoms with Crippen LogP contribution in [0.4, 0.5) is 10.1 Å². The van der Waals surface area contributed by atoms with Gasteiger partial charge in [0, 0.05) is 12.1 Å². The summed E-state index contributed by atoms with van der Waals surface area (Å²) >= 11 is 0. The lowest BCUT2D eigenvalue weighted by Gasteiger charge is -2.13. The summed E-state index contributed by atoms with van der Waals surface area (Å²) in [5, 5.41) is 2.61. The molecule has 1 aromatic carbocycles. The van der Waals surface area contributed by atoms with Gasteiger partial charge in [0.25, 0.3) is 0 Å². The Morgan fingerprint density at radius 1 is 1.32 bits per heavy atom. The van der Waals surface area contributed by atoms with Gasteiger partial charge in [-0.05, 0) is 50.9 Å². The number of carbonyl (C=O) groups is 1. The molecule has 1 aliphatic rings. The largest absolute Gasteiger partial charge is 0.326 e. The molecule has 0 atom stereocenters. The molecule has 0 aromatic heterocycles. The Hall–Kier alpha value is -1.73. The number of rotatable bonds is 5. The Kier molecular flexibility index (Phi) is 5.31. The van der Waals surface area contributed by atoms with Gasteiger partial charge >= 0.3 is 0 Å². The topological polar surface area (TPSA) is 75.3 Å². The summed E-state index contributed by atoms with van der Waals surface area (Å²) in [6, 6.07) is 3.49. The van der Waals surface area contributed by atoms with Crippen molar-refractivity contribution in [2.75, 3.05) is 12.4 Å². The molecule has 7 heteroatoms. The van der Waals surface area contributed by atoms with E-state index in [9.17, 15) is 17.6 Å². The number of amides is 1. The summed E-state index contributed by atoms with van der Waals surface area (Å²) in [4.78, 5) is 11.5. The highest BCUT2D eigenvalue weighted by Gasteiger charge is 2.18. The molecule has 1 aromatic rings. The molecule has 0 fully saturated rings. The van der Waals surface area contributed by atoms with E-state index in [-0.39, 0.29) is 18.0 Å². The van der Waals surface area contributed by atoms with Gasteiger partial charge in [-0.2, -0.15) is 0 Å². The van der Waals surface area contributed by atoms with E-state index in [0.717, 1.165) is 43.4 Å². The molecule has 120 valence electrons. The average molecular weight is 326 g/mol. The molecular weight excluding hydrogens is 307 g/mol. The van der Waals surface area contributed by atoms with Crippen LogP contribution in [0.25, 0.3) is 0 Å². The fraction of sp³-hybridized carbons (Fsp3) is 0.400. The zero-order valence-electron chi connectivity index (χ0n) is 12.4. The van der Waals surface area contributed by atoms with Crippen LogP contribution < -0.4 is 10.0 Å². The van der Waals surface area contributed by atoms with E-state index in [0.29, 0.717) is 0 Å². The summed E-state index contributed by atoms with van der Waals surface area (Å²) in [6.45, 7) is 0. The van der Waals surface area contributed by atoms with Crippen molar-refractivity contribution >= 4 is 21.6 Å². The number of hydrogen-bond acceptors (Lipinski definition) is 3. The van der Waals surface area contributed by atoms with Crippen LogP contribution in [0.3, 0.4) is 0 Å². The third-order valence-corrected chi connectivity index (χ3v) is 4.98. The lowest BCUT2D eigenvalue weighted by atomic mass is 9.97. The molecule has 0 saturated carbocycles. The van der Waals surface area contributed by atoms with Crippen molar-refractivity contribution in [3.05, 3.63) is 35.7 Å². The maximum atomic E-state index is 13.6. The van der Waals surface area contributed by atoms with Gasteiger partial charge in [0.1, 0.15) is 10.7 Å². The van der Waals surface area contributed by atoms with Crippen LogP contribution >= 0.6 is 0 Å². The van der Waals surface area contributed by atoms with E-state index < -0.39 is 20.7 Å². The van der Waals surface area contributed by atoms with Gasteiger partial charge in [0.05, 0.1) is 0 Å². The third-order valence-electron chi connectivity index (χ3n) is 3.55. The molecule has 2 rings (SSSR count). The lowest BCUT2D eigenvalue weighted by Crippen LogP contribution is -2.20. The third kappa shape index (κ3) is 4.14. The van der Waals surface area contributed by atoms with Crippen molar-refractivity contribution in [1.82, 2.24) is 4.72 Å². The normalized spacial score (nSPS) is 15.3. The smallest absolute Gasteiger partial charge is 0.243 e. The lowest BCUT2D eigenvalue weighted by molar-refractivity contribution is -0.115. The summed E-state index contributed by atoms with van der Waals surface area (Å²) in [6.07, 6.45) is 6.49. The summed E-state index contributed by atoms with van der Waals surface area (Å²) in [5.74, 6) is -1.09. The highest BCUT2D eigenvalue weighted by Crippen LogP contribution is 2.22. The van der Waals surface area contributed by atoms with E-state index in [2.05, 4.69) is 16.1 Å². The zero-order chi connectivity index (χ0) is 16.2. The fourth-order valence-corrected chi connectivity index (χ4v) is 3.20. The number of halogens is 1. The van der Waals surface area contributed by atoms with Crippen molar-refractivity contribution in [1.29, 1.82) is 0 Å². The first-order valence-corrected chi connectivity index (χ1v) is 8.61. The van der Waals surface area contributed by atoms with Crippen LogP contribution in [0.5, 0.6) is 0 Å². The number of hydrogen-bond donors (Lipinski definition) is 2. The van der Waals surface area contributed by atoms with Crippen LogP contribution in [-0.4, -0.2) is 21.4 Å². The van der Waals surface area contributed by atoms with Gasteiger partial charge in [0.2, 0.25) is 15.9 Å². The molecule has 5 nitrogen and oxygen atoms in total. The molecule has 0 heterocycles. The Morgan fingerprint density at radius 2 is 2.09 bits per heavy atom. The van der Waals surface area contributed by atoms with Crippen LogP contribution in [0.1, 0.15) is 32.1 Å². The molecule has 0 radical (unpaired) electrons. The fourth-order valence-electron chi connectivity index (χ4n) is 2.37. The quantitative estimate of drug-likeness (QED) is 0.817. The van der Waals surface area contributed by atoms with Crippen molar-refractivity contribution in [3.63, 3.8) is 0 Å². The minimum Gasteiger partial charge on any atom is -0.326 e. The van der Waals surface area contributed by atoms with Crippen LogP contribution in [-0.2, 0) is 14.8 Å². The molecule has 1 aliphatic carbocycles. The van der Waals surface area contributed by atoms with Crippen molar-refractivity contribution in [2.45, 2.75) is 37.0 Å². The Morgan fingerprint density at radius 3 is 2.73 bits per heavy atom. The predicted molar refractivity (Wildman–Crippen MR) is 82.4 cm³/mol. The maximum absolute atomic E-state index is 13.6. The van der Waals surface area contributed by atoms with Crippen LogP contribution in [0, 0.1) is 5.82 Å². The van der Waals surface area contributed by atoms with Crippen LogP contribution in [0.15, 0.2) is 34.7 Å². The number of benzene rings is 1. The van der Waals surface area contributed by atoms with Crippen LogP contribution in [0.2, 0.25) is 0 Å². The maximum Gasteiger partial charge on any atom is 0.243 e. The molecule has 1 amide bonds. The van der Waals surface area contributed by atoms with Crippen molar-refractivity contribution in [2.24, 2.45) is 0 Å². The van der Waals surface area contributed by atoms with E-state index in [4.69, 9.17) is 0 Å². The summed E-state index contributed by atoms with van der Waals surface area (Å²) in [5.41, 5.74) is 1.35. The van der Waals surface area contributed by atoms with E-state index in [1.165, 1.54) is 13.1 Å². The Balaban J connectivity index is 2.11. The number of anilines is 1. The first-order valence-electron chi connectivity index (χ1n) is 7.13. The van der Waals surface area contributed by atoms with E-state index >= 15 is 0 Å². The van der Waals surface area contributed by atoms with Crippen molar-refractivity contribution in [3.8, 4) is 0 Å².